The summed E-state index contributed by atoms with van der Waals surface area (Å²) in [5.41, 5.74) is 0.646. The minimum absolute atomic E-state index is 0.00943. The maximum Gasteiger partial charge on any atom is 0.341 e. The Hall–Kier alpha value is -3.10. The van der Waals surface area contributed by atoms with Crippen molar-refractivity contribution >= 4 is 17.7 Å². The Morgan fingerprint density at radius 3 is 2.56 bits per heavy atom. The summed E-state index contributed by atoms with van der Waals surface area (Å²) in [5, 5.41) is 0. The van der Waals surface area contributed by atoms with Gasteiger partial charge in [-0.3, -0.25) is 9.78 Å². The number of ether oxygens (including phenoxy) is 1. The molecule has 2 aromatic rings. The number of alkyl halides is 2. The first-order valence-electron chi connectivity index (χ1n) is 10.9. The summed E-state index contributed by atoms with van der Waals surface area (Å²) in [7, 11) is 0. The first-order chi connectivity index (χ1) is 15.3. The Bertz CT molecular complexity index is 1120. The van der Waals surface area contributed by atoms with Gasteiger partial charge in [0.2, 0.25) is 5.91 Å². The van der Waals surface area contributed by atoms with E-state index in [2.05, 4.69) is 9.97 Å². The molecule has 166 valence electrons. The quantitative estimate of drug-likeness (QED) is 0.684. The number of halogens is 2. The molecule has 1 aliphatic carbocycles. The number of hydrogen-bond acceptors (Lipinski definition) is 6. The minimum Gasteiger partial charge on any atom is -0.449 e. The monoisotopic (exact) mass is 440 g/mol. The highest BCUT2D eigenvalue weighted by atomic mass is 19.3. The molecule has 3 aliphatic heterocycles. The lowest BCUT2D eigenvalue weighted by atomic mass is 9.92. The van der Waals surface area contributed by atoms with E-state index in [1.54, 1.807) is 34.3 Å². The van der Waals surface area contributed by atoms with E-state index in [4.69, 9.17) is 4.74 Å². The Kier molecular flexibility index (Phi) is 3.95. The van der Waals surface area contributed by atoms with E-state index in [9.17, 15) is 18.4 Å². The number of aromatic nitrogens is 2. The normalized spacial score (nSPS) is 27.0. The number of carbonyl (C=O) groups excluding carboxylic acids is 2. The van der Waals surface area contributed by atoms with E-state index in [0.29, 0.717) is 30.9 Å². The summed E-state index contributed by atoms with van der Waals surface area (Å²) in [4.78, 5) is 37.6. The maximum atomic E-state index is 13.5. The lowest BCUT2D eigenvalue weighted by Crippen LogP contribution is -2.40. The number of fused-ring (bicyclic) bond motifs is 2. The first-order valence-corrected chi connectivity index (χ1v) is 10.9. The predicted octanol–water partition coefficient (Wildman–Crippen LogP) is 2.65. The highest BCUT2D eigenvalue weighted by Crippen LogP contribution is 2.52. The minimum atomic E-state index is -2.68. The van der Waals surface area contributed by atoms with Gasteiger partial charge in [0.25, 0.3) is 5.92 Å². The zero-order valence-electron chi connectivity index (χ0n) is 17.4. The van der Waals surface area contributed by atoms with Crippen LogP contribution < -0.4 is 4.90 Å². The molecule has 0 radical (unpaired) electrons. The van der Waals surface area contributed by atoms with Crippen molar-refractivity contribution < 1.29 is 23.1 Å². The molecule has 0 unspecified atom stereocenters. The third-order valence-corrected chi connectivity index (χ3v) is 7.29. The Balaban J connectivity index is 1.21. The van der Waals surface area contributed by atoms with Crippen molar-refractivity contribution in [2.24, 2.45) is 0 Å². The van der Waals surface area contributed by atoms with Crippen molar-refractivity contribution in [3.05, 3.63) is 53.5 Å². The fraction of sp³-hybridized carbons (Fsp3) is 0.478. The van der Waals surface area contributed by atoms with Crippen LogP contribution in [0.3, 0.4) is 0 Å². The van der Waals surface area contributed by atoms with Crippen LogP contribution in [-0.4, -0.2) is 58.8 Å². The van der Waals surface area contributed by atoms with Gasteiger partial charge in [0.1, 0.15) is 5.82 Å². The number of rotatable bonds is 3. The van der Waals surface area contributed by atoms with Crippen molar-refractivity contribution in [3.8, 4) is 0 Å². The first kappa shape index (κ1) is 19.6. The third-order valence-electron chi connectivity index (χ3n) is 7.29. The second kappa shape index (κ2) is 6.46. The van der Waals surface area contributed by atoms with Crippen molar-refractivity contribution in [3.63, 3.8) is 0 Å². The molecule has 9 heteroatoms. The summed E-state index contributed by atoms with van der Waals surface area (Å²) < 4.78 is 32.8. The highest BCUT2D eigenvalue weighted by molar-refractivity contribution is 5.95. The molecule has 4 aliphatic rings. The number of esters is 1. The molecule has 6 rings (SSSR count). The van der Waals surface area contributed by atoms with Crippen LogP contribution in [0.15, 0.2) is 36.8 Å². The number of amides is 1. The average molecular weight is 440 g/mol. The molecule has 5 heterocycles. The van der Waals surface area contributed by atoms with Crippen molar-refractivity contribution in [1.82, 2.24) is 14.9 Å². The van der Waals surface area contributed by atoms with Gasteiger partial charge in [-0.2, -0.15) is 0 Å². The van der Waals surface area contributed by atoms with E-state index in [-0.39, 0.29) is 25.4 Å². The smallest absolute Gasteiger partial charge is 0.341 e. The fourth-order valence-electron chi connectivity index (χ4n) is 5.34. The lowest BCUT2D eigenvalue weighted by molar-refractivity contribution is -0.134. The molecular formula is C23H22F2N4O3. The van der Waals surface area contributed by atoms with Crippen LogP contribution in [-0.2, 0) is 20.5 Å². The lowest BCUT2D eigenvalue weighted by Gasteiger charge is -2.27. The number of nitrogens with zero attached hydrogens (tertiary/aromatic N) is 4. The van der Waals surface area contributed by atoms with Gasteiger partial charge in [-0.05, 0) is 30.5 Å². The molecule has 1 saturated carbocycles. The number of hydrogen-bond donors (Lipinski definition) is 0. The largest absolute Gasteiger partial charge is 0.449 e. The van der Waals surface area contributed by atoms with Gasteiger partial charge in [-0.15, -0.1) is 0 Å². The predicted molar refractivity (Wildman–Crippen MR) is 109 cm³/mol. The summed E-state index contributed by atoms with van der Waals surface area (Å²) in [6.07, 6.45) is 6.63. The van der Waals surface area contributed by atoms with E-state index < -0.39 is 22.9 Å². The Morgan fingerprint density at radius 2 is 1.88 bits per heavy atom. The van der Waals surface area contributed by atoms with Crippen LogP contribution in [0.1, 0.15) is 47.2 Å². The van der Waals surface area contributed by atoms with E-state index in [0.717, 1.165) is 24.0 Å². The van der Waals surface area contributed by atoms with Gasteiger partial charge in [-0.25, -0.2) is 18.6 Å². The van der Waals surface area contributed by atoms with E-state index >= 15 is 0 Å². The zero-order valence-corrected chi connectivity index (χ0v) is 17.4. The Morgan fingerprint density at radius 1 is 1.03 bits per heavy atom. The molecule has 1 atom stereocenters. The van der Waals surface area contributed by atoms with Gasteiger partial charge in [0, 0.05) is 50.1 Å². The van der Waals surface area contributed by atoms with Crippen LogP contribution in [0, 0.1) is 0 Å². The van der Waals surface area contributed by atoms with Crippen molar-refractivity contribution in [1.29, 1.82) is 0 Å². The number of likely N-dealkylation sites (tertiary alicyclic amines) is 1. The van der Waals surface area contributed by atoms with Crippen LogP contribution in [0.5, 0.6) is 0 Å². The molecule has 0 bridgehead atoms. The van der Waals surface area contributed by atoms with Crippen molar-refractivity contribution in [2.45, 2.75) is 42.6 Å². The number of carbonyl (C=O) groups is 2. The van der Waals surface area contributed by atoms with E-state index in [1.807, 2.05) is 6.07 Å². The van der Waals surface area contributed by atoms with Gasteiger partial charge < -0.3 is 14.5 Å². The van der Waals surface area contributed by atoms with Crippen molar-refractivity contribution in [2.75, 3.05) is 31.1 Å². The standard InChI is InChI=1S/C23H22F2N4O3/c24-23(25)7-10-28(14-23)18-2-1-15(11-27-18)21(4-5-21)20(31)29-9-6-22(13-29)17-3-8-26-12-16(17)19(30)32-22/h1-3,8,11-12H,4-7,9-10,13-14H2/t22-/m0/s1. The molecule has 0 N–H and O–H groups in total. The molecule has 3 fully saturated rings. The number of anilines is 1. The van der Waals surface area contributed by atoms with Gasteiger partial charge >= 0.3 is 5.97 Å². The van der Waals surface area contributed by atoms with Gasteiger partial charge in [0.05, 0.1) is 24.1 Å². The summed E-state index contributed by atoms with van der Waals surface area (Å²) >= 11 is 0. The average Bonchev–Trinajstić information content (AvgIpc) is 3.25. The number of pyridine rings is 2. The van der Waals surface area contributed by atoms with Gasteiger partial charge in [-0.1, -0.05) is 6.07 Å². The fourth-order valence-corrected chi connectivity index (χ4v) is 5.34. The molecule has 1 amide bonds. The zero-order chi connectivity index (χ0) is 22.1. The summed E-state index contributed by atoms with van der Waals surface area (Å²) in [5.74, 6) is -2.55. The topological polar surface area (TPSA) is 75.6 Å². The second-order valence-corrected chi connectivity index (χ2v) is 9.30. The highest BCUT2D eigenvalue weighted by Gasteiger charge is 2.58. The molecule has 2 aromatic heterocycles. The van der Waals surface area contributed by atoms with Gasteiger partial charge in [0.15, 0.2) is 5.60 Å². The second-order valence-electron chi connectivity index (χ2n) is 9.30. The molecule has 2 saturated heterocycles. The Labute approximate surface area is 183 Å². The summed E-state index contributed by atoms with van der Waals surface area (Å²) in [6.45, 7) is 0.776. The molecule has 32 heavy (non-hydrogen) atoms. The molecule has 0 aromatic carbocycles. The SMILES string of the molecule is O=C1O[C@]2(CCN(C(=O)C3(c4ccc(N5CCC(F)(F)C5)nc4)CC3)C2)c2ccncc21. The summed E-state index contributed by atoms with van der Waals surface area (Å²) in [6, 6.07) is 5.37. The molecule has 1 spiro atoms. The maximum absolute atomic E-state index is 13.5. The van der Waals surface area contributed by atoms with Crippen LogP contribution >= 0.6 is 0 Å². The van der Waals surface area contributed by atoms with Crippen LogP contribution in [0.4, 0.5) is 14.6 Å². The third kappa shape index (κ3) is 2.83. The molecule has 7 nitrogen and oxygen atoms in total. The molecular weight excluding hydrogens is 418 g/mol. The van der Waals surface area contributed by atoms with Crippen LogP contribution in [0.25, 0.3) is 0 Å². The van der Waals surface area contributed by atoms with Crippen LogP contribution in [0.2, 0.25) is 0 Å². The van der Waals surface area contributed by atoms with E-state index in [1.165, 1.54) is 6.20 Å².